The van der Waals surface area contributed by atoms with Crippen LogP contribution in [0.15, 0.2) is 42.5 Å². The van der Waals surface area contributed by atoms with Crippen LogP contribution in [-0.4, -0.2) is 25.5 Å². The van der Waals surface area contributed by atoms with Gasteiger partial charge in [0, 0.05) is 13.1 Å². The van der Waals surface area contributed by atoms with Crippen molar-refractivity contribution in [3.8, 4) is 5.75 Å². The number of anilines is 1. The molecule has 0 radical (unpaired) electrons. The van der Waals surface area contributed by atoms with Gasteiger partial charge < -0.3 is 15.0 Å². The average molecular weight is 356 g/mol. The fraction of sp³-hybridized carbons (Fsp3) is 0.300. The summed E-state index contributed by atoms with van der Waals surface area (Å²) in [6.45, 7) is 2.67. The first kappa shape index (κ1) is 17.9. The minimum Gasteiger partial charge on any atom is -0.495 e. The Morgan fingerprint density at radius 1 is 1.27 bits per heavy atom. The first-order chi connectivity index (χ1) is 12.5. The van der Waals surface area contributed by atoms with E-state index in [2.05, 4.69) is 5.32 Å². The Balaban J connectivity index is 1.67. The number of ether oxygens (including phenoxy) is 1. The molecule has 26 heavy (non-hydrogen) atoms. The third-order valence-corrected chi connectivity index (χ3v) is 4.53. The summed E-state index contributed by atoms with van der Waals surface area (Å²) < 4.78 is 18.3. The Hall–Kier alpha value is -2.89. The van der Waals surface area contributed by atoms with E-state index in [1.54, 1.807) is 24.1 Å². The van der Waals surface area contributed by atoms with Crippen molar-refractivity contribution in [2.45, 2.75) is 19.9 Å². The number of carbonyl (C=O) groups is 2. The van der Waals surface area contributed by atoms with E-state index in [4.69, 9.17) is 4.74 Å². The summed E-state index contributed by atoms with van der Waals surface area (Å²) in [4.78, 5) is 26.8. The van der Waals surface area contributed by atoms with E-state index in [0.29, 0.717) is 24.4 Å². The molecule has 1 aliphatic heterocycles. The first-order valence-corrected chi connectivity index (χ1v) is 8.48. The molecule has 1 heterocycles. The number of aryl methyl sites for hydroxylation is 1. The van der Waals surface area contributed by atoms with Gasteiger partial charge in [-0.15, -0.1) is 0 Å². The lowest BCUT2D eigenvalue weighted by Crippen LogP contribution is -2.36. The van der Waals surface area contributed by atoms with Crippen LogP contribution in [0.4, 0.5) is 10.1 Å². The topological polar surface area (TPSA) is 58.6 Å². The van der Waals surface area contributed by atoms with E-state index in [1.807, 2.05) is 25.1 Å². The fourth-order valence-electron chi connectivity index (χ4n) is 3.09. The molecule has 6 heteroatoms. The van der Waals surface area contributed by atoms with E-state index >= 15 is 0 Å². The fourth-order valence-corrected chi connectivity index (χ4v) is 3.09. The summed E-state index contributed by atoms with van der Waals surface area (Å²) in [7, 11) is 1.56. The number of nitrogens with zero attached hydrogens (tertiary/aromatic N) is 1. The van der Waals surface area contributed by atoms with Crippen LogP contribution in [0.5, 0.6) is 5.75 Å². The highest BCUT2D eigenvalue weighted by Crippen LogP contribution is 2.34. The highest BCUT2D eigenvalue weighted by atomic mass is 19.1. The molecule has 0 spiro atoms. The van der Waals surface area contributed by atoms with Crippen LogP contribution in [0.1, 0.15) is 17.5 Å². The van der Waals surface area contributed by atoms with Crippen LogP contribution in [0, 0.1) is 18.7 Å². The van der Waals surface area contributed by atoms with Crippen LogP contribution in [0.25, 0.3) is 0 Å². The molecule has 1 fully saturated rings. The van der Waals surface area contributed by atoms with Gasteiger partial charge in [-0.2, -0.15) is 0 Å². The van der Waals surface area contributed by atoms with Gasteiger partial charge in [-0.1, -0.05) is 18.2 Å². The minimum absolute atomic E-state index is 0.231. The summed E-state index contributed by atoms with van der Waals surface area (Å²) in [5.74, 6) is -0.982. The molecule has 3 rings (SSSR count). The normalized spacial score (nSPS) is 16.7. The van der Waals surface area contributed by atoms with Crippen molar-refractivity contribution in [3.63, 3.8) is 0 Å². The molecule has 136 valence electrons. The number of carbonyl (C=O) groups excluding carboxylic acids is 2. The third kappa shape index (κ3) is 3.69. The number of hydrogen-bond donors (Lipinski definition) is 1. The Kier molecular flexibility index (Phi) is 5.21. The quantitative estimate of drug-likeness (QED) is 0.838. The van der Waals surface area contributed by atoms with Crippen LogP contribution in [0.3, 0.4) is 0 Å². The van der Waals surface area contributed by atoms with Gasteiger partial charge in [-0.25, -0.2) is 4.39 Å². The van der Waals surface area contributed by atoms with E-state index in [0.717, 1.165) is 11.1 Å². The van der Waals surface area contributed by atoms with Crippen molar-refractivity contribution >= 4 is 17.5 Å². The molecular formula is C20H21FN2O3. The van der Waals surface area contributed by atoms with E-state index in [-0.39, 0.29) is 24.2 Å². The molecule has 1 unspecified atom stereocenters. The Morgan fingerprint density at radius 3 is 2.69 bits per heavy atom. The standard InChI is InChI=1S/C20H21FN2O3/c1-13-3-8-18(26-2)17(11-13)23-10-9-16(20(23)25)19(24)22-12-14-4-6-15(21)7-5-14/h3-8,11,16H,9-10,12H2,1-2H3,(H,22,24). The molecule has 5 nitrogen and oxygen atoms in total. The van der Waals surface area contributed by atoms with Crippen molar-refractivity contribution in [2.24, 2.45) is 5.92 Å². The second-order valence-corrected chi connectivity index (χ2v) is 6.35. The molecule has 0 saturated carbocycles. The maximum atomic E-state index is 12.9. The lowest BCUT2D eigenvalue weighted by atomic mass is 10.1. The Bertz CT molecular complexity index is 820. The Morgan fingerprint density at radius 2 is 2.00 bits per heavy atom. The molecule has 2 aromatic carbocycles. The molecule has 0 aromatic heterocycles. The highest BCUT2D eigenvalue weighted by molar-refractivity contribution is 6.10. The number of amides is 2. The molecule has 2 aromatic rings. The van der Waals surface area contributed by atoms with Gasteiger partial charge in [0.1, 0.15) is 17.5 Å². The zero-order valence-corrected chi connectivity index (χ0v) is 14.8. The predicted octanol–water partition coefficient (Wildman–Crippen LogP) is 2.81. The smallest absolute Gasteiger partial charge is 0.239 e. The largest absolute Gasteiger partial charge is 0.495 e. The van der Waals surface area contributed by atoms with E-state index in [9.17, 15) is 14.0 Å². The lowest BCUT2D eigenvalue weighted by Gasteiger charge is -2.20. The van der Waals surface area contributed by atoms with Crippen LogP contribution in [0.2, 0.25) is 0 Å². The predicted molar refractivity (Wildman–Crippen MR) is 96.4 cm³/mol. The molecule has 1 N–H and O–H groups in total. The van der Waals surface area contributed by atoms with Crippen molar-refractivity contribution in [1.29, 1.82) is 0 Å². The van der Waals surface area contributed by atoms with Gasteiger partial charge in [-0.05, 0) is 48.7 Å². The van der Waals surface area contributed by atoms with Crippen molar-refractivity contribution in [3.05, 3.63) is 59.4 Å². The third-order valence-electron chi connectivity index (χ3n) is 4.53. The van der Waals surface area contributed by atoms with Crippen LogP contribution >= 0.6 is 0 Å². The maximum absolute atomic E-state index is 12.9. The molecule has 1 atom stereocenters. The zero-order valence-electron chi connectivity index (χ0n) is 14.8. The van der Waals surface area contributed by atoms with Gasteiger partial charge in [-0.3, -0.25) is 9.59 Å². The van der Waals surface area contributed by atoms with E-state index < -0.39 is 5.92 Å². The second kappa shape index (κ2) is 7.56. The van der Waals surface area contributed by atoms with Crippen molar-refractivity contribution < 1.29 is 18.7 Å². The summed E-state index contributed by atoms with van der Waals surface area (Å²) >= 11 is 0. The number of rotatable bonds is 5. The van der Waals surface area contributed by atoms with Gasteiger partial charge in [0.2, 0.25) is 11.8 Å². The van der Waals surface area contributed by atoms with Gasteiger partial charge in [0.15, 0.2) is 0 Å². The summed E-state index contributed by atoms with van der Waals surface area (Å²) in [5, 5.41) is 2.76. The molecule has 0 bridgehead atoms. The number of nitrogens with one attached hydrogen (secondary N) is 1. The average Bonchev–Trinajstić information content (AvgIpc) is 3.02. The zero-order chi connectivity index (χ0) is 18.7. The molecule has 1 aliphatic rings. The monoisotopic (exact) mass is 356 g/mol. The molecule has 2 amide bonds. The second-order valence-electron chi connectivity index (χ2n) is 6.35. The first-order valence-electron chi connectivity index (χ1n) is 8.48. The number of benzene rings is 2. The van der Waals surface area contributed by atoms with E-state index in [1.165, 1.54) is 12.1 Å². The minimum atomic E-state index is -0.722. The van der Waals surface area contributed by atoms with Gasteiger partial charge >= 0.3 is 0 Å². The maximum Gasteiger partial charge on any atom is 0.239 e. The van der Waals surface area contributed by atoms with Gasteiger partial charge in [0.05, 0.1) is 12.8 Å². The number of methoxy groups -OCH3 is 1. The molecular weight excluding hydrogens is 335 g/mol. The molecule has 0 aliphatic carbocycles. The van der Waals surface area contributed by atoms with Gasteiger partial charge in [0.25, 0.3) is 0 Å². The lowest BCUT2D eigenvalue weighted by molar-refractivity contribution is -0.132. The summed E-state index contributed by atoms with van der Waals surface area (Å²) in [6.07, 6.45) is 0.450. The van der Waals surface area contributed by atoms with Crippen molar-refractivity contribution in [2.75, 3.05) is 18.6 Å². The Labute approximate surface area is 151 Å². The SMILES string of the molecule is COc1ccc(C)cc1N1CCC(C(=O)NCc2ccc(F)cc2)C1=O. The van der Waals surface area contributed by atoms with Crippen LogP contribution in [-0.2, 0) is 16.1 Å². The molecule has 1 saturated heterocycles. The highest BCUT2D eigenvalue weighted by Gasteiger charge is 2.38. The number of hydrogen-bond acceptors (Lipinski definition) is 3. The number of halogens is 1. The van der Waals surface area contributed by atoms with Crippen molar-refractivity contribution in [1.82, 2.24) is 5.32 Å². The summed E-state index contributed by atoms with van der Waals surface area (Å²) in [6, 6.07) is 11.5. The summed E-state index contributed by atoms with van der Waals surface area (Å²) in [5.41, 5.74) is 2.48. The van der Waals surface area contributed by atoms with Crippen LogP contribution < -0.4 is 15.0 Å².